The molecule has 0 aliphatic carbocycles. The largest absolute Gasteiger partial charge is 0.380 e. The van der Waals surface area contributed by atoms with Gasteiger partial charge in [-0.1, -0.05) is 6.92 Å². The van der Waals surface area contributed by atoms with Crippen LogP contribution >= 0.6 is 0 Å². The summed E-state index contributed by atoms with van der Waals surface area (Å²) >= 11 is 0. The Labute approximate surface area is 92.0 Å². The summed E-state index contributed by atoms with van der Waals surface area (Å²) in [5, 5.41) is 2.89. The van der Waals surface area contributed by atoms with E-state index in [9.17, 15) is 4.79 Å². The van der Waals surface area contributed by atoms with Crippen LogP contribution in [0.15, 0.2) is 0 Å². The molecular weight excluding hydrogens is 192 g/mol. The molecule has 1 aliphatic rings. The van der Waals surface area contributed by atoms with E-state index in [-0.39, 0.29) is 12.1 Å². The summed E-state index contributed by atoms with van der Waals surface area (Å²) in [6, 6.07) is 0.0467. The molecule has 0 aromatic carbocycles. The smallest absolute Gasteiger partial charge is 0.317 e. The first-order valence-electron chi connectivity index (χ1n) is 5.69. The minimum absolute atomic E-state index is 0.0467. The van der Waals surface area contributed by atoms with Gasteiger partial charge >= 0.3 is 6.03 Å². The average molecular weight is 214 g/mol. The van der Waals surface area contributed by atoms with Crippen LogP contribution in [0.4, 0.5) is 4.79 Å². The topological polar surface area (TPSA) is 41.6 Å². The van der Waals surface area contributed by atoms with E-state index in [0.717, 1.165) is 19.5 Å². The highest BCUT2D eigenvalue weighted by molar-refractivity contribution is 5.74. The van der Waals surface area contributed by atoms with E-state index in [2.05, 4.69) is 12.2 Å². The monoisotopic (exact) mass is 214 g/mol. The Morgan fingerprint density at radius 2 is 2.40 bits per heavy atom. The van der Waals surface area contributed by atoms with E-state index >= 15 is 0 Å². The molecule has 1 N–H and O–H groups in total. The Balaban J connectivity index is 2.26. The third-order valence-corrected chi connectivity index (χ3v) is 2.89. The summed E-state index contributed by atoms with van der Waals surface area (Å²) in [6.45, 7) is 6.49. The summed E-state index contributed by atoms with van der Waals surface area (Å²) in [7, 11) is 1.65. The highest BCUT2D eigenvalue weighted by Gasteiger charge is 2.20. The van der Waals surface area contributed by atoms with E-state index in [1.807, 2.05) is 11.8 Å². The lowest BCUT2D eigenvalue weighted by atomic mass is 10.0. The van der Waals surface area contributed by atoms with Crippen LogP contribution in [0.2, 0.25) is 0 Å². The van der Waals surface area contributed by atoms with Crippen molar-refractivity contribution in [3.8, 4) is 0 Å². The molecular formula is C11H22N2O2. The van der Waals surface area contributed by atoms with Crippen molar-refractivity contribution < 1.29 is 9.53 Å². The number of methoxy groups -OCH3 is 1. The zero-order valence-corrected chi connectivity index (χ0v) is 9.95. The normalized spacial score (nSPS) is 23.7. The van der Waals surface area contributed by atoms with Crippen molar-refractivity contribution >= 4 is 6.03 Å². The van der Waals surface area contributed by atoms with Crippen LogP contribution in [0, 0.1) is 5.92 Å². The van der Waals surface area contributed by atoms with E-state index < -0.39 is 0 Å². The predicted molar refractivity (Wildman–Crippen MR) is 59.8 cm³/mol. The number of carbonyl (C=O) groups is 1. The molecule has 4 heteroatoms. The van der Waals surface area contributed by atoms with E-state index in [1.54, 1.807) is 7.11 Å². The quantitative estimate of drug-likeness (QED) is 0.773. The minimum atomic E-state index is 0.0467. The second-order valence-corrected chi connectivity index (χ2v) is 4.43. The molecule has 1 saturated heterocycles. The Morgan fingerprint density at radius 3 is 3.00 bits per heavy atom. The van der Waals surface area contributed by atoms with Gasteiger partial charge in [-0.2, -0.15) is 0 Å². The summed E-state index contributed by atoms with van der Waals surface area (Å²) in [4.78, 5) is 13.6. The summed E-state index contributed by atoms with van der Waals surface area (Å²) < 4.78 is 5.08. The third kappa shape index (κ3) is 4.08. The maximum absolute atomic E-state index is 11.7. The van der Waals surface area contributed by atoms with Crippen LogP contribution in [-0.4, -0.2) is 43.8 Å². The fourth-order valence-electron chi connectivity index (χ4n) is 1.80. The molecule has 1 fully saturated rings. The molecule has 1 aliphatic heterocycles. The lowest BCUT2D eigenvalue weighted by molar-refractivity contribution is 0.113. The zero-order valence-electron chi connectivity index (χ0n) is 9.95. The summed E-state index contributed by atoms with van der Waals surface area (Å²) in [5.41, 5.74) is 0. The molecule has 1 heterocycles. The van der Waals surface area contributed by atoms with Crippen molar-refractivity contribution in [3.05, 3.63) is 0 Å². The van der Waals surface area contributed by atoms with Gasteiger partial charge < -0.3 is 15.0 Å². The van der Waals surface area contributed by atoms with Gasteiger partial charge in [0, 0.05) is 26.7 Å². The first-order valence-corrected chi connectivity index (χ1v) is 5.69. The molecule has 88 valence electrons. The van der Waals surface area contributed by atoms with Crippen molar-refractivity contribution in [1.82, 2.24) is 10.2 Å². The second kappa shape index (κ2) is 5.95. The van der Waals surface area contributed by atoms with Gasteiger partial charge in [-0.15, -0.1) is 0 Å². The molecule has 2 unspecified atom stereocenters. The summed E-state index contributed by atoms with van der Waals surface area (Å²) in [5.74, 6) is 0.629. The van der Waals surface area contributed by atoms with Gasteiger partial charge in [-0.05, 0) is 25.7 Å². The van der Waals surface area contributed by atoms with Gasteiger partial charge in [0.05, 0.1) is 6.10 Å². The molecule has 1 rings (SSSR count). The Kier molecular flexibility index (Phi) is 4.88. The molecule has 0 aromatic rings. The number of nitrogens with zero attached hydrogens (tertiary/aromatic N) is 1. The maximum Gasteiger partial charge on any atom is 0.317 e. The van der Waals surface area contributed by atoms with Gasteiger partial charge in [0.25, 0.3) is 0 Å². The fourth-order valence-corrected chi connectivity index (χ4v) is 1.80. The van der Waals surface area contributed by atoms with Crippen LogP contribution in [-0.2, 0) is 4.74 Å². The number of hydrogen-bond donors (Lipinski definition) is 1. The molecule has 0 saturated carbocycles. The van der Waals surface area contributed by atoms with Crippen molar-refractivity contribution in [2.75, 3.05) is 26.7 Å². The number of rotatable bonds is 3. The predicted octanol–water partition coefficient (Wildman–Crippen LogP) is 1.46. The molecule has 0 aromatic heterocycles. The highest BCUT2D eigenvalue weighted by Crippen LogP contribution is 2.15. The fraction of sp³-hybridized carbons (Fsp3) is 0.909. The van der Waals surface area contributed by atoms with Crippen LogP contribution in [0.25, 0.3) is 0 Å². The molecule has 4 nitrogen and oxygen atoms in total. The van der Waals surface area contributed by atoms with Gasteiger partial charge in [-0.3, -0.25) is 0 Å². The number of hydrogen-bond acceptors (Lipinski definition) is 2. The molecule has 2 amide bonds. The average Bonchev–Trinajstić information content (AvgIpc) is 2.25. The first-order chi connectivity index (χ1) is 7.13. The third-order valence-electron chi connectivity index (χ3n) is 2.89. The molecule has 0 bridgehead atoms. The number of nitrogens with one attached hydrogen (secondary N) is 1. The van der Waals surface area contributed by atoms with Gasteiger partial charge in [-0.25, -0.2) is 4.79 Å². The van der Waals surface area contributed by atoms with E-state index in [4.69, 9.17) is 4.74 Å². The number of ether oxygens (including phenoxy) is 1. The zero-order chi connectivity index (χ0) is 11.3. The Bertz CT molecular complexity index is 209. The lowest BCUT2D eigenvalue weighted by Gasteiger charge is -2.31. The first kappa shape index (κ1) is 12.3. The van der Waals surface area contributed by atoms with Crippen molar-refractivity contribution in [3.63, 3.8) is 0 Å². The van der Waals surface area contributed by atoms with Crippen molar-refractivity contribution in [1.29, 1.82) is 0 Å². The SMILES string of the molecule is COC(C)CNC(=O)N1CCCC(C)C1. The highest BCUT2D eigenvalue weighted by atomic mass is 16.5. The number of piperidine rings is 1. The Morgan fingerprint density at radius 1 is 1.67 bits per heavy atom. The van der Waals surface area contributed by atoms with Gasteiger partial charge in [0.1, 0.15) is 0 Å². The van der Waals surface area contributed by atoms with Crippen LogP contribution in [0.1, 0.15) is 26.7 Å². The lowest BCUT2D eigenvalue weighted by Crippen LogP contribution is -2.46. The van der Waals surface area contributed by atoms with Crippen LogP contribution in [0.5, 0.6) is 0 Å². The van der Waals surface area contributed by atoms with Gasteiger partial charge in [0.2, 0.25) is 0 Å². The van der Waals surface area contributed by atoms with Crippen LogP contribution < -0.4 is 5.32 Å². The maximum atomic E-state index is 11.7. The van der Waals surface area contributed by atoms with E-state index in [0.29, 0.717) is 12.5 Å². The van der Waals surface area contributed by atoms with Gasteiger partial charge in [0.15, 0.2) is 0 Å². The summed E-state index contributed by atoms with van der Waals surface area (Å²) in [6.07, 6.45) is 2.43. The minimum Gasteiger partial charge on any atom is -0.380 e. The standard InChI is InChI=1S/C11H22N2O2/c1-9-5-4-6-13(8-9)11(14)12-7-10(2)15-3/h9-10H,4-8H2,1-3H3,(H,12,14). The number of carbonyl (C=O) groups excluding carboxylic acids is 1. The van der Waals surface area contributed by atoms with Crippen molar-refractivity contribution in [2.24, 2.45) is 5.92 Å². The number of likely N-dealkylation sites (tertiary alicyclic amines) is 1. The number of urea groups is 1. The van der Waals surface area contributed by atoms with Crippen molar-refractivity contribution in [2.45, 2.75) is 32.8 Å². The second-order valence-electron chi connectivity index (χ2n) is 4.43. The van der Waals surface area contributed by atoms with E-state index in [1.165, 1.54) is 6.42 Å². The molecule has 0 spiro atoms. The Hall–Kier alpha value is -0.770. The van der Waals surface area contributed by atoms with Crippen LogP contribution in [0.3, 0.4) is 0 Å². The molecule has 15 heavy (non-hydrogen) atoms. The molecule has 2 atom stereocenters. The molecule has 0 radical (unpaired) electrons. The number of amides is 2.